The number of esters is 1. The lowest BCUT2D eigenvalue weighted by molar-refractivity contribution is -0.383. The topological polar surface area (TPSA) is 140 Å². The summed E-state index contributed by atoms with van der Waals surface area (Å²) in [4.78, 5) is 45.0. The van der Waals surface area contributed by atoms with Crippen LogP contribution in [0, 0.1) is 21.8 Å². The summed E-state index contributed by atoms with van der Waals surface area (Å²) >= 11 is 0. The average molecular weight is 432 g/mol. The van der Waals surface area contributed by atoms with E-state index in [2.05, 4.69) is 20.8 Å². The Kier molecular flexibility index (Phi) is 6.90. The number of halogens is 1. The number of aromatic nitrogens is 2. The number of nitrogens with zero attached hydrogens (tertiary/aromatic N) is 4. The van der Waals surface area contributed by atoms with Crippen molar-refractivity contribution < 1.29 is 23.6 Å². The first-order valence-electron chi connectivity index (χ1n) is 9.63. The van der Waals surface area contributed by atoms with Crippen LogP contribution in [0.3, 0.4) is 0 Å². The third-order valence-electron chi connectivity index (χ3n) is 4.73. The molecule has 0 spiro atoms. The van der Waals surface area contributed by atoms with Gasteiger partial charge in [0.05, 0.1) is 17.4 Å². The number of rotatable bonds is 7. The van der Waals surface area contributed by atoms with E-state index in [1.54, 1.807) is 11.8 Å². The molecule has 31 heavy (non-hydrogen) atoms. The molecule has 1 fully saturated rings. The molecule has 1 aliphatic rings. The Morgan fingerprint density at radius 2 is 2.06 bits per heavy atom. The van der Waals surface area contributed by atoms with E-state index in [4.69, 9.17) is 4.74 Å². The fourth-order valence-electron chi connectivity index (χ4n) is 3.27. The second-order valence-corrected chi connectivity index (χ2v) is 6.77. The fraction of sp³-hybridized carbons (Fsp3) is 0.368. The molecule has 11 nitrogen and oxygen atoms in total. The van der Waals surface area contributed by atoms with Crippen molar-refractivity contribution in [1.82, 2.24) is 15.4 Å². The number of piperidine rings is 1. The van der Waals surface area contributed by atoms with Crippen LogP contribution in [0.5, 0.6) is 0 Å². The van der Waals surface area contributed by atoms with Gasteiger partial charge in [-0.3, -0.25) is 30.6 Å². The molecule has 1 aliphatic heterocycles. The van der Waals surface area contributed by atoms with Crippen molar-refractivity contribution in [3.63, 3.8) is 0 Å². The zero-order valence-electron chi connectivity index (χ0n) is 16.7. The Morgan fingerprint density at radius 3 is 2.74 bits per heavy atom. The number of hydrazine groups is 1. The van der Waals surface area contributed by atoms with Crippen LogP contribution in [-0.2, 0) is 9.53 Å². The molecule has 1 saturated heterocycles. The van der Waals surface area contributed by atoms with Gasteiger partial charge in [-0.05, 0) is 44.0 Å². The molecule has 164 valence electrons. The minimum absolute atomic E-state index is 0.0347. The quantitative estimate of drug-likeness (QED) is 0.382. The lowest BCUT2D eigenvalue weighted by Crippen LogP contribution is -2.40. The molecule has 1 aromatic carbocycles. The van der Waals surface area contributed by atoms with Crippen LogP contribution in [0.4, 0.5) is 21.7 Å². The number of carbonyl (C=O) groups is 2. The first kappa shape index (κ1) is 21.9. The van der Waals surface area contributed by atoms with Gasteiger partial charge in [0.2, 0.25) is 11.6 Å². The number of ether oxygens (including phenoxy) is 1. The highest BCUT2D eigenvalue weighted by molar-refractivity contribution is 5.95. The highest BCUT2D eigenvalue weighted by Gasteiger charge is 2.33. The summed E-state index contributed by atoms with van der Waals surface area (Å²) in [7, 11) is 0. The van der Waals surface area contributed by atoms with Gasteiger partial charge in [-0.25, -0.2) is 14.4 Å². The Bertz CT molecular complexity index is 971. The second-order valence-electron chi connectivity index (χ2n) is 6.77. The monoisotopic (exact) mass is 432 g/mol. The molecular weight excluding hydrogens is 411 g/mol. The molecule has 2 aromatic rings. The Morgan fingerprint density at radius 1 is 1.32 bits per heavy atom. The molecule has 1 unspecified atom stereocenters. The van der Waals surface area contributed by atoms with Crippen molar-refractivity contribution >= 4 is 29.2 Å². The van der Waals surface area contributed by atoms with Gasteiger partial charge in [0.25, 0.3) is 5.91 Å². The number of nitrogens with one attached hydrogen (secondary N) is 2. The highest BCUT2D eigenvalue weighted by Crippen LogP contribution is 2.34. The lowest BCUT2D eigenvalue weighted by atomic mass is 9.98. The molecule has 1 atom stereocenters. The van der Waals surface area contributed by atoms with Gasteiger partial charge in [0, 0.05) is 18.7 Å². The van der Waals surface area contributed by atoms with Gasteiger partial charge in [-0.1, -0.05) is 0 Å². The maximum Gasteiger partial charge on any atom is 0.355 e. The maximum atomic E-state index is 13.0. The number of hydrogen-bond donors (Lipinski definition) is 2. The summed E-state index contributed by atoms with van der Waals surface area (Å²) in [6.45, 7) is 2.66. The van der Waals surface area contributed by atoms with Gasteiger partial charge >= 0.3 is 11.7 Å². The molecule has 0 bridgehead atoms. The predicted molar refractivity (Wildman–Crippen MR) is 108 cm³/mol. The van der Waals surface area contributed by atoms with Crippen LogP contribution in [0.15, 0.2) is 30.6 Å². The molecule has 2 heterocycles. The first-order chi connectivity index (χ1) is 14.9. The van der Waals surface area contributed by atoms with Crippen molar-refractivity contribution in [3.05, 3.63) is 52.1 Å². The summed E-state index contributed by atoms with van der Waals surface area (Å²) < 4.78 is 18.1. The zero-order chi connectivity index (χ0) is 22.4. The third kappa shape index (κ3) is 5.21. The Labute approximate surface area is 176 Å². The number of hydrogen-bond acceptors (Lipinski definition) is 9. The summed E-state index contributed by atoms with van der Waals surface area (Å²) in [6.07, 6.45) is 2.38. The van der Waals surface area contributed by atoms with Crippen LogP contribution < -0.4 is 15.8 Å². The van der Waals surface area contributed by atoms with E-state index in [0.717, 1.165) is 18.5 Å². The lowest BCUT2D eigenvalue weighted by Gasteiger charge is -2.32. The van der Waals surface area contributed by atoms with Gasteiger partial charge in [-0.2, -0.15) is 0 Å². The largest absolute Gasteiger partial charge is 0.466 e. The van der Waals surface area contributed by atoms with E-state index in [0.29, 0.717) is 19.4 Å². The van der Waals surface area contributed by atoms with Crippen molar-refractivity contribution in [2.75, 3.05) is 30.0 Å². The number of carbonyl (C=O) groups excluding carboxylic acids is 2. The summed E-state index contributed by atoms with van der Waals surface area (Å²) in [5, 5.41) is 11.8. The maximum absolute atomic E-state index is 13.0. The smallest absolute Gasteiger partial charge is 0.355 e. The fourth-order valence-corrected chi connectivity index (χ4v) is 3.27. The van der Waals surface area contributed by atoms with Crippen LogP contribution >= 0.6 is 0 Å². The van der Waals surface area contributed by atoms with Gasteiger partial charge in [0.15, 0.2) is 0 Å². The number of nitro groups is 1. The van der Waals surface area contributed by atoms with Crippen LogP contribution in [0.2, 0.25) is 0 Å². The number of amides is 1. The predicted octanol–water partition coefficient (Wildman–Crippen LogP) is 2.06. The van der Waals surface area contributed by atoms with Crippen molar-refractivity contribution in [2.24, 2.45) is 5.92 Å². The van der Waals surface area contributed by atoms with Gasteiger partial charge in [0.1, 0.15) is 12.1 Å². The van der Waals surface area contributed by atoms with Crippen LogP contribution in [0.25, 0.3) is 0 Å². The third-order valence-corrected chi connectivity index (χ3v) is 4.73. The minimum Gasteiger partial charge on any atom is -0.466 e. The van der Waals surface area contributed by atoms with Gasteiger partial charge < -0.3 is 9.64 Å². The van der Waals surface area contributed by atoms with Crippen molar-refractivity contribution in [3.8, 4) is 0 Å². The Hall–Kier alpha value is -3.83. The number of benzene rings is 1. The molecule has 1 aromatic heterocycles. The van der Waals surface area contributed by atoms with Crippen LogP contribution in [0.1, 0.15) is 30.1 Å². The van der Waals surface area contributed by atoms with E-state index in [-0.39, 0.29) is 36.3 Å². The molecule has 12 heteroatoms. The van der Waals surface area contributed by atoms with E-state index < -0.39 is 28.3 Å². The summed E-state index contributed by atoms with van der Waals surface area (Å²) in [6, 6.07) is 4.79. The van der Waals surface area contributed by atoms with Crippen molar-refractivity contribution in [1.29, 1.82) is 0 Å². The molecule has 0 radical (unpaired) electrons. The first-order valence-corrected chi connectivity index (χ1v) is 9.63. The SMILES string of the molecule is CCOC(=O)C1CCCN(c2ncnc(NNC(=O)c3ccc(F)cc3)c2[N+](=O)[O-])C1. The standard InChI is InChI=1S/C19H21FN6O5/c1-2-31-19(28)13-4-3-9-25(10-13)17-15(26(29)30)16(21-11-22-17)23-24-18(27)12-5-7-14(20)8-6-12/h5-8,11,13H,2-4,9-10H2,1H3,(H,24,27)(H,21,22,23). The molecule has 2 N–H and O–H groups in total. The molecule has 0 saturated carbocycles. The second kappa shape index (κ2) is 9.78. The molecular formula is C19H21FN6O5. The van der Waals surface area contributed by atoms with E-state index in [9.17, 15) is 24.1 Å². The normalized spacial score (nSPS) is 15.8. The molecule has 3 rings (SSSR count). The van der Waals surface area contributed by atoms with Gasteiger partial charge in [-0.15, -0.1) is 0 Å². The minimum atomic E-state index is -0.657. The highest BCUT2D eigenvalue weighted by atomic mass is 19.1. The summed E-state index contributed by atoms with van der Waals surface area (Å²) in [5.74, 6) is -2.08. The zero-order valence-corrected chi connectivity index (χ0v) is 16.7. The summed E-state index contributed by atoms with van der Waals surface area (Å²) in [5.41, 5.74) is 4.46. The van der Waals surface area contributed by atoms with Crippen LogP contribution in [-0.4, -0.2) is 46.5 Å². The van der Waals surface area contributed by atoms with E-state index in [1.807, 2.05) is 0 Å². The Balaban J connectivity index is 1.79. The average Bonchev–Trinajstić information content (AvgIpc) is 2.77. The van der Waals surface area contributed by atoms with E-state index >= 15 is 0 Å². The number of anilines is 2. The van der Waals surface area contributed by atoms with E-state index in [1.165, 1.54) is 12.1 Å². The van der Waals surface area contributed by atoms with Crippen molar-refractivity contribution in [2.45, 2.75) is 19.8 Å². The molecule has 0 aliphatic carbocycles. The molecule has 1 amide bonds.